The molecule has 0 bridgehead atoms. The molecule has 12 heteroatoms. The van der Waals surface area contributed by atoms with E-state index in [1.807, 2.05) is 37.3 Å². The molecule has 3 aromatic rings. The number of ether oxygens (including phenoxy) is 2. The Morgan fingerprint density at radius 2 is 1.74 bits per heavy atom. The van der Waals surface area contributed by atoms with Crippen molar-refractivity contribution < 1.29 is 27.5 Å². The first-order valence-corrected chi connectivity index (χ1v) is 16.6. The summed E-state index contributed by atoms with van der Waals surface area (Å²) in [6.45, 7) is 2.61. The van der Waals surface area contributed by atoms with Gasteiger partial charge in [0.05, 0.1) is 11.9 Å². The Kier molecular flexibility index (Phi) is 11.2. The van der Waals surface area contributed by atoms with Crippen molar-refractivity contribution in [3.63, 3.8) is 0 Å². The SMILES string of the molecule is CCCNC(=O)[C@H](Cc1ccccc1)N(Cc1ccc(Cl)cc1Cl)C(=O)CCCN(c1ccc2c(c1)OCO2)S(C)(=O)=O. The zero-order chi connectivity index (χ0) is 31.0. The molecule has 0 saturated heterocycles. The van der Waals surface area contributed by atoms with Crippen LogP contribution in [0.2, 0.25) is 10.0 Å². The zero-order valence-corrected chi connectivity index (χ0v) is 26.4. The number of fused-ring (bicyclic) bond motifs is 1. The van der Waals surface area contributed by atoms with E-state index >= 15 is 0 Å². The smallest absolute Gasteiger partial charge is 0.243 e. The third-order valence-corrected chi connectivity index (χ3v) is 8.75. The van der Waals surface area contributed by atoms with Crippen molar-refractivity contribution in [2.75, 3.05) is 30.4 Å². The highest BCUT2D eigenvalue weighted by Gasteiger charge is 2.31. The van der Waals surface area contributed by atoms with Gasteiger partial charge in [-0.15, -0.1) is 0 Å². The van der Waals surface area contributed by atoms with E-state index in [1.165, 1.54) is 9.21 Å². The van der Waals surface area contributed by atoms with Gasteiger partial charge < -0.3 is 19.7 Å². The van der Waals surface area contributed by atoms with Crippen molar-refractivity contribution in [3.8, 4) is 11.5 Å². The molecule has 43 heavy (non-hydrogen) atoms. The third-order valence-electron chi connectivity index (χ3n) is 6.97. The molecular weight excluding hydrogens is 613 g/mol. The van der Waals surface area contributed by atoms with Crippen molar-refractivity contribution in [1.29, 1.82) is 0 Å². The highest BCUT2D eigenvalue weighted by atomic mass is 35.5. The van der Waals surface area contributed by atoms with E-state index < -0.39 is 16.1 Å². The minimum Gasteiger partial charge on any atom is -0.454 e. The second-order valence-corrected chi connectivity index (χ2v) is 13.0. The second-order valence-electron chi connectivity index (χ2n) is 10.2. The standard InChI is InChI=1S/C31H35Cl2N3O6S/c1-3-15-34-31(38)27(17-22-8-5-4-6-9-22)35(20-23-11-12-24(32)18-26(23)33)30(37)10-7-16-36(43(2,39)40)25-13-14-28-29(19-25)42-21-41-28/h4-6,8-9,11-14,18-19,27H,3,7,10,15-17,20-21H2,1-2H3,(H,34,38)/t27-/m0/s1. The van der Waals surface area contributed by atoms with Crippen molar-refractivity contribution >= 4 is 50.7 Å². The third kappa shape index (κ3) is 8.78. The molecule has 1 aliphatic rings. The van der Waals surface area contributed by atoms with Gasteiger partial charge >= 0.3 is 0 Å². The highest BCUT2D eigenvalue weighted by Crippen LogP contribution is 2.36. The van der Waals surface area contributed by atoms with Crippen LogP contribution in [0.3, 0.4) is 0 Å². The first-order chi connectivity index (χ1) is 20.6. The number of sulfonamides is 1. The predicted octanol–water partition coefficient (Wildman–Crippen LogP) is 5.43. The summed E-state index contributed by atoms with van der Waals surface area (Å²) in [5, 5.41) is 3.77. The molecule has 2 amide bonds. The molecule has 1 aliphatic heterocycles. The zero-order valence-electron chi connectivity index (χ0n) is 24.1. The summed E-state index contributed by atoms with van der Waals surface area (Å²) >= 11 is 12.6. The van der Waals surface area contributed by atoms with Gasteiger partial charge in [-0.3, -0.25) is 13.9 Å². The number of halogens is 2. The molecule has 0 radical (unpaired) electrons. The van der Waals surface area contributed by atoms with Crippen LogP contribution in [0.5, 0.6) is 11.5 Å². The lowest BCUT2D eigenvalue weighted by Gasteiger charge is -2.32. The summed E-state index contributed by atoms with van der Waals surface area (Å²) in [4.78, 5) is 29.0. The molecule has 230 valence electrons. The monoisotopic (exact) mass is 647 g/mol. The van der Waals surface area contributed by atoms with E-state index in [0.29, 0.717) is 45.8 Å². The van der Waals surface area contributed by atoms with Crippen LogP contribution in [0.15, 0.2) is 66.7 Å². The van der Waals surface area contributed by atoms with Crippen molar-refractivity contribution in [2.45, 2.75) is 45.2 Å². The molecule has 4 rings (SSSR count). The summed E-state index contributed by atoms with van der Waals surface area (Å²) < 4.78 is 37.4. The van der Waals surface area contributed by atoms with Crippen LogP contribution in [-0.2, 0) is 32.6 Å². The number of amides is 2. The van der Waals surface area contributed by atoms with Gasteiger partial charge in [0.1, 0.15) is 6.04 Å². The minimum absolute atomic E-state index is 0.00583. The maximum absolute atomic E-state index is 13.9. The Hall–Kier alpha value is -3.47. The van der Waals surface area contributed by atoms with E-state index in [-0.39, 0.29) is 44.5 Å². The van der Waals surface area contributed by atoms with E-state index in [9.17, 15) is 18.0 Å². The molecule has 1 heterocycles. The second kappa shape index (κ2) is 14.8. The van der Waals surface area contributed by atoms with Gasteiger partial charge in [0.2, 0.25) is 28.6 Å². The van der Waals surface area contributed by atoms with Gasteiger partial charge in [-0.1, -0.05) is 66.5 Å². The summed E-state index contributed by atoms with van der Waals surface area (Å²) in [7, 11) is -3.67. The Balaban J connectivity index is 1.59. The molecule has 0 aliphatic carbocycles. The Labute approximate surface area is 262 Å². The van der Waals surface area contributed by atoms with E-state index in [2.05, 4.69) is 5.32 Å². The number of anilines is 1. The van der Waals surface area contributed by atoms with Crippen molar-refractivity contribution in [3.05, 3.63) is 87.9 Å². The van der Waals surface area contributed by atoms with Gasteiger partial charge in [-0.25, -0.2) is 8.42 Å². The van der Waals surface area contributed by atoms with Crippen LogP contribution in [0.25, 0.3) is 0 Å². The molecule has 0 aromatic heterocycles. The minimum atomic E-state index is -3.67. The van der Waals surface area contributed by atoms with Gasteiger partial charge in [0.15, 0.2) is 11.5 Å². The molecule has 0 spiro atoms. The number of hydrogen-bond acceptors (Lipinski definition) is 6. The maximum atomic E-state index is 13.9. The van der Waals surface area contributed by atoms with Crippen LogP contribution in [0, 0.1) is 0 Å². The summed E-state index contributed by atoms with van der Waals surface area (Å²) in [5.74, 6) is 0.407. The highest BCUT2D eigenvalue weighted by molar-refractivity contribution is 7.92. The fourth-order valence-electron chi connectivity index (χ4n) is 4.80. The van der Waals surface area contributed by atoms with Crippen LogP contribution < -0.4 is 19.1 Å². The van der Waals surface area contributed by atoms with Crippen LogP contribution in [0.4, 0.5) is 5.69 Å². The largest absolute Gasteiger partial charge is 0.454 e. The number of rotatable bonds is 14. The Morgan fingerprint density at radius 3 is 2.44 bits per heavy atom. The number of nitrogens with zero attached hydrogens (tertiary/aromatic N) is 2. The predicted molar refractivity (Wildman–Crippen MR) is 168 cm³/mol. The normalized spacial score (nSPS) is 12.9. The van der Waals surface area contributed by atoms with E-state index in [4.69, 9.17) is 32.7 Å². The first-order valence-electron chi connectivity index (χ1n) is 14.0. The van der Waals surface area contributed by atoms with Gasteiger partial charge in [0, 0.05) is 48.6 Å². The Bertz CT molecular complexity index is 1540. The molecule has 9 nitrogen and oxygen atoms in total. The van der Waals surface area contributed by atoms with Gasteiger partial charge in [-0.05, 0) is 48.2 Å². The van der Waals surface area contributed by atoms with Crippen LogP contribution in [0.1, 0.15) is 37.3 Å². The van der Waals surface area contributed by atoms with Crippen LogP contribution >= 0.6 is 23.2 Å². The molecule has 1 N–H and O–H groups in total. The summed E-state index contributed by atoms with van der Waals surface area (Å²) in [5.41, 5.74) is 1.94. The topological polar surface area (TPSA) is 105 Å². The summed E-state index contributed by atoms with van der Waals surface area (Å²) in [6.07, 6.45) is 2.35. The number of hydrogen-bond donors (Lipinski definition) is 1. The number of carbonyl (C=O) groups is 2. The molecule has 0 fully saturated rings. The van der Waals surface area contributed by atoms with Crippen molar-refractivity contribution in [1.82, 2.24) is 10.2 Å². The van der Waals surface area contributed by atoms with Gasteiger partial charge in [-0.2, -0.15) is 0 Å². The molecular formula is C31H35Cl2N3O6S. The first kappa shape index (κ1) is 32.4. The van der Waals surface area contributed by atoms with Gasteiger partial charge in [0.25, 0.3) is 0 Å². The van der Waals surface area contributed by atoms with E-state index in [0.717, 1.165) is 18.2 Å². The molecule has 1 atom stereocenters. The lowest BCUT2D eigenvalue weighted by molar-refractivity contribution is -0.141. The van der Waals surface area contributed by atoms with Crippen LogP contribution in [-0.4, -0.2) is 57.3 Å². The average Bonchev–Trinajstić information content (AvgIpc) is 3.44. The number of benzene rings is 3. The number of carbonyl (C=O) groups excluding carboxylic acids is 2. The quantitative estimate of drug-likeness (QED) is 0.250. The fourth-order valence-corrected chi connectivity index (χ4v) is 6.22. The lowest BCUT2D eigenvalue weighted by Crippen LogP contribution is -2.50. The summed E-state index contributed by atoms with van der Waals surface area (Å²) in [6, 6.07) is 18.6. The van der Waals surface area contributed by atoms with Crippen molar-refractivity contribution in [2.24, 2.45) is 0 Å². The molecule has 3 aromatic carbocycles. The van der Waals surface area contributed by atoms with E-state index in [1.54, 1.807) is 36.4 Å². The average molecular weight is 649 g/mol. The molecule has 0 unspecified atom stereocenters. The number of nitrogens with one attached hydrogen (secondary N) is 1. The fraction of sp³-hybridized carbons (Fsp3) is 0.355. The Morgan fingerprint density at radius 1 is 1.00 bits per heavy atom. The lowest BCUT2D eigenvalue weighted by atomic mass is 10.0. The molecule has 0 saturated carbocycles. The maximum Gasteiger partial charge on any atom is 0.243 e.